The summed E-state index contributed by atoms with van der Waals surface area (Å²) in [6, 6.07) is 4.65. The van der Waals surface area contributed by atoms with Crippen LogP contribution in [0.4, 0.5) is 0 Å². The van der Waals surface area contributed by atoms with Crippen molar-refractivity contribution in [1.82, 2.24) is 0 Å². The molecule has 0 unspecified atom stereocenters. The average molecular weight is 209 g/mol. The van der Waals surface area contributed by atoms with Crippen LogP contribution in [0, 0.1) is 6.92 Å². The van der Waals surface area contributed by atoms with E-state index in [-0.39, 0.29) is 5.56 Å². The Morgan fingerprint density at radius 3 is 2.20 bits per heavy atom. The molecule has 0 heterocycles. The van der Waals surface area contributed by atoms with E-state index in [0.717, 1.165) is 0 Å². The second-order valence-electron chi connectivity index (χ2n) is 2.88. The van der Waals surface area contributed by atoms with Crippen LogP contribution < -0.4 is 5.90 Å². The number of benzene rings is 1. The molecule has 1 aromatic rings. The minimum Gasteiger partial charge on any atom is -0.465 e. The molecule has 0 fully saturated rings. The van der Waals surface area contributed by atoms with Crippen LogP contribution in [0.5, 0.6) is 0 Å². The van der Waals surface area contributed by atoms with E-state index >= 15 is 0 Å². The van der Waals surface area contributed by atoms with Gasteiger partial charge in [-0.2, -0.15) is 5.90 Å². The summed E-state index contributed by atoms with van der Waals surface area (Å²) in [6.45, 7) is 1.62. The van der Waals surface area contributed by atoms with Crippen LogP contribution in [0.25, 0.3) is 0 Å². The largest absolute Gasteiger partial charge is 0.465 e. The first-order chi connectivity index (χ1) is 7.11. The predicted octanol–water partition coefficient (Wildman–Crippen LogP) is 0.812. The Morgan fingerprint density at radius 1 is 1.20 bits per heavy atom. The van der Waals surface area contributed by atoms with Gasteiger partial charge in [-0.1, -0.05) is 6.07 Å². The lowest BCUT2D eigenvalue weighted by Crippen LogP contribution is -2.14. The average Bonchev–Trinajstić information content (AvgIpc) is 2.27. The number of nitrogens with two attached hydrogens (primary N) is 1. The number of carbonyl (C=O) groups is 2. The molecular formula is C10H11NO4. The normalized spacial score (nSPS) is 9.53. The third-order valence-electron chi connectivity index (χ3n) is 2.07. The van der Waals surface area contributed by atoms with Gasteiger partial charge in [0.25, 0.3) is 0 Å². The molecule has 0 aliphatic rings. The summed E-state index contributed by atoms with van der Waals surface area (Å²) in [5.74, 6) is 3.58. The van der Waals surface area contributed by atoms with E-state index < -0.39 is 11.9 Å². The molecule has 15 heavy (non-hydrogen) atoms. The molecule has 0 amide bonds. The summed E-state index contributed by atoms with van der Waals surface area (Å²) in [7, 11) is 1.27. The second kappa shape index (κ2) is 4.56. The molecule has 0 atom stereocenters. The van der Waals surface area contributed by atoms with E-state index in [1.807, 2.05) is 0 Å². The van der Waals surface area contributed by atoms with Gasteiger partial charge in [-0.05, 0) is 24.6 Å². The topological polar surface area (TPSA) is 78.6 Å². The number of methoxy groups -OCH3 is 1. The van der Waals surface area contributed by atoms with Crippen LogP contribution >= 0.6 is 0 Å². The lowest BCUT2D eigenvalue weighted by Gasteiger charge is -2.07. The zero-order valence-corrected chi connectivity index (χ0v) is 8.44. The van der Waals surface area contributed by atoms with Gasteiger partial charge in [0.15, 0.2) is 0 Å². The number of esters is 1. The van der Waals surface area contributed by atoms with Crippen molar-refractivity contribution in [3.05, 3.63) is 34.9 Å². The maximum Gasteiger partial charge on any atom is 0.356 e. The highest BCUT2D eigenvalue weighted by atomic mass is 16.7. The molecule has 1 aromatic carbocycles. The smallest absolute Gasteiger partial charge is 0.356 e. The van der Waals surface area contributed by atoms with E-state index in [9.17, 15) is 9.59 Å². The standard InChI is InChI=1S/C10H11NO4/c1-6-7(9(12)14-2)4-3-5-8(6)10(13)15-11/h3-5H,11H2,1-2H3. The van der Waals surface area contributed by atoms with Crippen LogP contribution in [-0.2, 0) is 9.57 Å². The van der Waals surface area contributed by atoms with E-state index in [2.05, 4.69) is 9.57 Å². The zero-order valence-electron chi connectivity index (χ0n) is 8.44. The predicted molar refractivity (Wildman–Crippen MR) is 52.1 cm³/mol. The summed E-state index contributed by atoms with van der Waals surface area (Å²) in [4.78, 5) is 26.6. The number of ether oxygens (including phenoxy) is 1. The Bertz CT molecular complexity index is 366. The highest BCUT2D eigenvalue weighted by Crippen LogP contribution is 2.15. The molecular weight excluding hydrogens is 198 g/mol. The fourth-order valence-electron chi connectivity index (χ4n) is 1.25. The third-order valence-corrected chi connectivity index (χ3v) is 2.07. The molecule has 5 heteroatoms. The quantitative estimate of drug-likeness (QED) is 0.576. The molecule has 0 aliphatic carbocycles. The fourth-order valence-corrected chi connectivity index (χ4v) is 1.25. The summed E-state index contributed by atoms with van der Waals surface area (Å²) in [5, 5.41) is 0. The summed E-state index contributed by atoms with van der Waals surface area (Å²) >= 11 is 0. The molecule has 0 saturated carbocycles. The van der Waals surface area contributed by atoms with Crippen LogP contribution in [0.3, 0.4) is 0 Å². The van der Waals surface area contributed by atoms with E-state index in [1.54, 1.807) is 19.1 Å². The first-order valence-electron chi connectivity index (χ1n) is 4.20. The lowest BCUT2D eigenvalue weighted by atomic mass is 10.0. The van der Waals surface area contributed by atoms with Gasteiger partial charge < -0.3 is 9.57 Å². The second-order valence-corrected chi connectivity index (χ2v) is 2.88. The molecule has 5 nitrogen and oxygen atoms in total. The van der Waals surface area contributed by atoms with Crippen molar-refractivity contribution in [2.75, 3.05) is 7.11 Å². The van der Waals surface area contributed by atoms with Gasteiger partial charge in [-0.3, -0.25) is 0 Å². The van der Waals surface area contributed by atoms with Crippen LogP contribution in [-0.4, -0.2) is 19.0 Å². The Morgan fingerprint density at radius 2 is 1.73 bits per heavy atom. The fraction of sp³-hybridized carbons (Fsp3) is 0.200. The van der Waals surface area contributed by atoms with Gasteiger partial charge in [0.05, 0.1) is 18.2 Å². The Hall–Kier alpha value is -1.88. The van der Waals surface area contributed by atoms with Gasteiger partial charge in [0.2, 0.25) is 0 Å². The van der Waals surface area contributed by atoms with Crippen molar-refractivity contribution in [2.24, 2.45) is 5.90 Å². The lowest BCUT2D eigenvalue weighted by molar-refractivity contribution is 0.0502. The van der Waals surface area contributed by atoms with Gasteiger partial charge in [-0.25, -0.2) is 9.59 Å². The molecule has 0 aliphatic heterocycles. The minimum absolute atomic E-state index is 0.250. The maximum absolute atomic E-state index is 11.3. The molecule has 0 radical (unpaired) electrons. The Labute approximate surface area is 86.7 Å². The van der Waals surface area contributed by atoms with E-state index in [1.165, 1.54) is 13.2 Å². The molecule has 80 valence electrons. The van der Waals surface area contributed by atoms with Crippen LogP contribution in [0.1, 0.15) is 26.3 Å². The molecule has 2 N–H and O–H groups in total. The van der Waals surface area contributed by atoms with Gasteiger partial charge in [-0.15, -0.1) is 0 Å². The van der Waals surface area contributed by atoms with Crippen molar-refractivity contribution in [2.45, 2.75) is 6.92 Å². The van der Waals surface area contributed by atoms with Crippen molar-refractivity contribution >= 4 is 11.9 Å². The highest BCUT2D eigenvalue weighted by Gasteiger charge is 2.16. The van der Waals surface area contributed by atoms with Gasteiger partial charge >= 0.3 is 11.9 Å². The van der Waals surface area contributed by atoms with Crippen molar-refractivity contribution in [3.8, 4) is 0 Å². The highest BCUT2D eigenvalue weighted by molar-refractivity contribution is 5.97. The van der Waals surface area contributed by atoms with Crippen molar-refractivity contribution in [1.29, 1.82) is 0 Å². The first-order valence-corrected chi connectivity index (χ1v) is 4.20. The molecule has 0 aromatic heterocycles. The Kier molecular flexibility index (Phi) is 3.41. The van der Waals surface area contributed by atoms with E-state index in [0.29, 0.717) is 11.1 Å². The monoisotopic (exact) mass is 209 g/mol. The number of rotatable bonds is 2. The summed E-state index contributed by atoms with van der Waals surface area (Å²) in [6.07, 6.45) is 0. The van der Waals surface area contributed by atoms with Gasteiger partial charge in [0.1, 0.15) is 0 Å². The summed E-state index contributed by atoms with van der Waals surface area (Å²) < 4.78 is 4.56. The number of hydrogen-bond acceptors (Lipinski definition) is 5. The molecule has 1 rings (SSSR count). The van der Waals surface area contributed by atoms with E-state index in [4.69, 9.17) is 5.90 Å². The van der Waals surface area contributed by atoms with Crippen LogP contribution in [0.15, 0.2) is 18.2 Å². The third kappa shape index (κ3) is 2.13. The maximum atomic E-state index is 11.3. The molecule has 0 bridgehead atoms. The van der Waals surface area contributed by atoms with Crippen molar-refractivity contribution in [3.63, 3.8) is 0 Å². The SMILES string of the molecule is COC(=O)c1cccc(C(=O)ON)c1C. The number of carbonyl (C=O) groups excluding carboxylic acids is 2. The molecule has 0 saturated heterocycles. The molecule has 0 spiro atoms. The summed E-state index contributed by atoms with van der Waals surface area (Å²) in [5.41, 5.74) is 1.06. The van der Waals surface area contributed by atoms with Crippen LogP contribution in [0.2, 0.25) is 0 Å². The first kappa shape index (κ1) is 11.2. The minimum atomic E-state index is -0.682. The van der Waals surface area contributed by atoms with Gasteiger partial charge in [0, 0.05) is 0 Å². The number of hydrogen-bond donors (Lipinski definition) is 1. The zero-order chi connectivity index (χ0) is 11.4. The Balaban J connectivity index is 3.23. The van der Waals surface area contributed by atoms with Crippen molar-refractivity contribution < 1.29 is 19.2 Å².